The minimum atomic E-state index is 0.408. The van der Waals surface area contributed by atoms with Gasteiger partial charge in [-0.1, -0.05) is 41.9 Å². The highest BCUT2D eigenvalue weighted by Crippen LogP contribution is 2.66. The summed E-state index contributed by atoms with van der Waals surface area (Å²) in [6.45, 7) is 6.11. The van der Waals surface area contributed by atoms with E-state index in [1.165, 1.54) is 48.6 Å². The molecule has 1 aromatic rings. The molecule has 4 atom stereocenters. The molecule has 4 saturated carbocycles. The lowest BCUT2D eigenvalue weighted by Crippen LogP contribution is -2.63. The van der Waals surface area contributed by atoms with Crippen molar-refractivity contribution in [3.63, 3.8) is 0 Å². The molecule has 4 bridgehead atoms. The molecule has 21 heavy (non-hydrogen) atoms. The zero-order chi connectivity index (χ0) is 14.7. The highest BCUT2D eigenvalue weighted by atomic mass is 79.9. The van der Waals surface area contributed by atoms with Gasteiger partial charge in [0.15, 0.2) is 0 Å². The van der Waals surface area contributed by atoms with Gasteiger partial charge >= 0.3 is 0 Å². The van der Waals surface area contributed by atoms with E-state index >= 15 is 0 Å². The Hall–Kier alpha value is -0.340. The normalized spacial score (nSPS) is 44.2. The molecule has 0 aliphatic heterocycles. The standard InChI is InChI=1S/C19H26BrN/c1-17-7-15-8-18(2,11-17)13-19(9-15,12-17)21-10-14-4-3-5-16(20)6-14/h3-6,15,21H,7-13H2,1-2H3/t15?,17-,18+,19?. The van der Waals surface area contributed by atoms with Crippen LogP contribution >= 0.6 is 15.9 Å². The molecule has 2 heteroatoms. The Kier molecular flexibility index (Phi) is 3.11. The van der Waals surface area contributed by atoms with Crippen molar-refractivity contribution in [3.8, 4) is 0 Å². The van der Waals surface area contributed by atoms with Crippen LogP contribution in [-0.2, 0) is 6.54 Å². The lowest BCUT2D eigenvalue weighted by atomic mass is 9.43. The van der Waals surface area contributed by atoms with Crippen LogP contribution in [0.5, 0.6) is 0 Å². The van der Waals surface area contributed by atoms with Gasteiger partial charge in [0.1, 0.15) is 0 Å². The van der Waals surface area contributed by atoms with Crippen molar-refractivity contribution in [2.24, 2.45) is 16.7 Å². The number of rotatable bonds is 3. The van der Waals surface area contributed by atoms with Crippen LogP contribution in [-0.4, -0.2) is 5.54 Å². The number of hydrogen-bond acceptors (Lipinski definition) is 1. The molecule has 0 aromatic heterocycles. The second-order valence-electron chi connectivity index (χ2n) is 8.89. The summed E-state index contributed by atoms with van der Waals surface area (Å²) in [6.07, 6.45) is 8.59. The molecule has 5 rings (SSSR count). The maximum Gasteiger partial charge on any atom is 0.0211 e. The Morgan fingerprint density at radius 1 is 1.10 bits per heavy atom. The Labute approximate surface area is 137 Å². The lowest BCUT2D eigenvalue weighted by Gasteiger charge is -2.65. The Balaban J connectivity index is 1.54. The Morgan fingerprint density at radius 2 is 1.81 bits per heavy atom. The fourth-order valence-corrected chi connectivity index (χ4v) is 7.03. The van der Waals surface area contributed by atoms with E-state index in [1.54, 1.807) is 0 Å². The molecule has 4 fully saturated rings. The molecule has 1 aromatic carbocycles. The second kappa shape index (κ2) is 4.58. The molecule has 4 aliphatic carbocycles. The first-order valence-corrected chi connectivity index (χ1v) is 9.17. The first-order chi connectivity index (χ1) is 9.88. The van der Waals surface area contributed by atoms with Crippen molar-refractivity contribution in [2.75, 3.05) is 0 Å². The van der Waals surface area contributed by atoms with Gasteiger partial charge in [0.2, 0.25) is 0 Å². The van der Waals surface area contributed by atoms with E-state index in [9.17, 15) is 0 Å². The van der Waals surface area contributed by atoms with Crippen molar-refractivity contribution < 1.29 is 0 Å². The van der Waals surface area contributed by atoms with Gasteiger partial charge in [0.25, 0.3) is 0 Å². The van der Waals surface area contributed by atoms with Gasteiger partial charge in [0, 0.05) is 16.6 Å². The van der Waals surface area contributed by atoms with Crippen molar-refractivity contribution in [1.82, 2.24) is 5.32 Å². The molecule has 0 radical (unpaired) electrons. The predicted octanol–water partition coefficient (Wildman–Crippen LogP) is 5.29. The zero-order valence-electron chi connectivity index (χ0n) is 13.2. The van der Waals surface area contributed by atoms with Crippen LogP contribution in [0.25, 0.3) is 0 Å². The molecule has 1 nitrogen and oxygen atoms in total. The summed E-state index contributed by atoms with van der Waals surface area (Å²) in [7, 11) is 0. The van der Waals surface area contributed by atoms with Gasteiger partial charge in [-0.05, 0) is 73.0 Å². The molecule has 1 N–H and O–H groups in total. The number of nitrogens with one attached hydrogen (secondary N) is 1. The highest BCUT2D eigenvalue weighted by Gasteiger charge is 2.59. The van der Waals surface area contributed by atoms with Crippen molar-refractivity contribution in [2.45, 2.75) is 64.5 Å². The zero-order valence-corrected chi connectivity index (χ0v) is 14.8. The van der Waals surface area contributed by atoms with Gasteiger partial charge in [-0.3, -0.25) is 0 Å². The van der Waals surface area contributed by atoms with Gasteiger partial charge in [-0.15, -0.1) is 0 Å². The van der Waals surface area contributed by atoms with E-state index in [2.05, 4.69) is 59.4 Å². The van der Waals surface area contributed by atoms with Crippen LogP contribution in [0.15, 0.2) is 28.7 Å². The molecular weight excluding hydrogens is 322 g/mol. The third-order valence-electron chi connectivity index (χ3n) is 6.18. The maximum absolute atomic E-state index is 4.00. The molecule has 4 aliphatic rings. The molecular formula is C19H26BrN. The molecule has 114 valence electrons. The monoisotopic (exact) mass is 347 g/mol. The van der Waals surface area contributed by atoms with Crippen LogP contribution in [0, 0.1) is 16.7 Å². The van der Waals surface area contributed by atoms with Crippen molar-refractivity contribution in [1.29, 1.82) is 0 Å². The van der Waals surface area contributed by atoms with E-state index < -0.39 is 0 Å². The minimum Gasteiger partial charge on any atom is -0.307 e. The molecule has 0 amide bonds. The van der Waals surface area contributed by atoms with Crippen molar-refractivity contribution in [3.05, 3.63) is 34.3 Å². The average molecular weight is 348 g/mol. The van der Waals surface area contributed by atoms with Crippen LogP contribution in [0.2, 0.25) is 0 Å². The van der Waals surface area contributed by atoms with Crippen LogP contribution in [0.3, 0.4) is 0 Å². The number of hydrogen-bond donors (Lipinski definition) is 1. The van der Waals surface area contributed by atoms with E-state index in [4.69, 9.17) is 0 Å². The number of benzene rings is 1. The van der Waals surface area contributed by atoms with E-state index in [1.807, 2.05) is 0 Å². The van der Waals surface area contributed by atoms with Gasteiger partial charge in [-0.25, -0.2) is 0 Å². The molecule has 0 spiro atoms. The van der Waals surface area contributed by atoms with Gasteiger partial charge in [0.05, 0.1) is 0 Å². The Morgan fingerprint density at radius 3 is 2.43 bits per heavy atom. The largest absolute Gasteiger partial charge is 0.307 e. The van der Waals surface area contributed by atoms with Crippen LogP contribution < -0.4 is 5.32 Å². The predicted molar refractivity (Wildman–Crippen MR) is 91.1 cm³/mol. The van der Waals surface area contributed by atoms with Gasteiger partial charge in [-0.2, -0.15) is 0 Å². The summed E-state index contributed by atoms with van der Waals surface area (Å²) >= 11 is 3.59. The van der Waals surface area contributed by atoms with Crippen molar-refractivity contribution >= 4 is 15.9 Å². The maximum atomic E-state index is 4.00. The summed E-state index contributed by atoms with van der Waals surface area (Å²) in [4.78, 5) is 0. The van der Waals surface area contributed by atoms with E-state index in [0.29, 0.717) is 16.4 Å². The molecule has 2 unspecified atom stereocenters. The Bertz CT molecular complexity index is 548. The summed E-state index contributed by atoms with van der Waals surface area (Å²) in [5.41, 5.74) is 3.00. The third kappa shape index (κ3) is 2.59. The molecule has 0 heterocycles. The van der Waals surface area contributed by atoms with Gasteiger partial charge < -0.3 is 5.32 Å². The van der Waals surface area contributed by atoms with E-state index in [-0.39, 0.29) is 0 Å². The summed E-state index contributed by atoms with van der Waals surface area (Å²) < 4.78 is 1.19. The smallest absolute Gasteiger partial charge is 0.0211 e. The first-order valence-electron chi connectivity index (χ1n) is 8.37. The summed E-state index contributed by atoms with van der Waals surface area (Å²) in [6, 6.07) is 8.73. The average Bonchev–Trinajstić information content (AvgIpc) is 2.32. The summed E-state index contributed by atoms with van der Waals surface area (Å²) in [5.74, 6) is 0.964. The third-order valence-corrected chi connectivity index (χ3v) is 6.68. The van der Waals surface area contributed by atoms with Crippen LogP contribution in [0.1, 0.15) is 57.9 Å². The fourth-order valence-electron chi connectivity index (χ4n) is 6.58. The topological polar surface area (TPSA) is 12.0 Å². The lowest BCUT2D eigenvalue weighted by molar-refractivity contribution is -0.118. The van der Waals surface area contributed by atoms with E-state index in [0.717, 1.165) is 12.5 Å². The first kappa shape index (κ1) is 14.3. The quantitative estimate of drug-likeness (QED) is 0.783. The SMILES string of the molecule is C[C@]12CC3CC(NCc4cccc(Br)c4)(C1)C[C@@](C)(C3)C2. The summed E-state index contributed by atoms with van der Waals surface area (Å²) in [5, 5.41) is 4.00. The number of halogens is 1. The second-order valence-corrected chi connectivity index (χ2v) is 9.81. The highest BCUT2D eigenvalue weighted by molar-refractivity contribution is 9.10. The molecule has 0 saturated heterocycles. The minimum absolute atomic E-state index is 0.408. The fraction of sp³-hybridized carbons (Fsp3) is 0.684. The van der Waals surface area contributed by atoms with Crippen LogP contribution in [0.4, 0.5) is 0 Å².